The van der Waals surface area contributed by atoms with E-state index in [2.05, 4.69) is 10.1 Å². The van der Waals surface area contributed by atoms with Gasteiger partial charge in [-0.1, -0.05) is 5.16 Å². The molecule has 0 unspecified atom stereocenters. The van der Waals surface area contributed by atoms with Gasteiger partial charge in [-0.15, -0.1) is 0 Å². The number of nitrogens with zero attached hydrogens (tertiary/aromatic N) is 3. The summed E-state index contributed by atoms with van der Waals surface area (Å²) in [6.45, 7) is 7.45. The van der Waals surface area contributed by atoms with E-state index < -0.39 is 5.60 Å². The zero-order valence-corrected chi connectivity index (χ0v) is 13.9. The number of amides is 1. The monoisotopic (exact) mass is 323 g/mol. The van der Waals surface area contributed by atoms with Gasteiger partial charge in [0.1, 0.15) is 16.9 Å². The van der Waals surface area contributed by atoms with E-state index in [1.165, 1.54) is 12.8 Å². The molecule has 1 aromatic rings. The first-order valence-corrected chi connectivity index (χ1v) is 8.23. The van der Waals surface area contributed by atoms with Crippen LogP contribution in [0, 0.1) is 13.8 Å². The number of hydrogen-bond acceptors (Lipinski definition) is 6. The molecule has 7 nitrogen and oxygen atoms in total. The fourth-order valence-corrected chi connectivity index (χ4v) is 3.49. The van der Waals surface area contributed by atoms with Gasteiger partial charge >= 0.3 is 0 Å². The third-order valence-electron chi connectivity index (χ3n) is 4.61. The first-order chi connectivity index (χ1) is 11.0. The second-order valence-corrected chi connectivity index (χ2v) is 6.69. The van der Waals surface area contributed by atoms with E-state index in [0.717, 1.165) is 13.1 Å². The summed E-state index contributed by atoms with van der Waals surface area (Å²) in [5.41, 5.74) is 0.0475. The van der Waals surface area contributed by atoms with Crippen molar-refractivity contribution in [1.82, 2.24) is 15.0 Å². The zero-order valence-electron chi connectivity index (χ0n) is 13.9. The average molecular weight is 323 g/mol. The minimum absolute atomic E-state index is 0.147. The number of aryl methyl sites for hydroxylation is 2. The summed E-state index contributed by atoms with van der Waals surface area (Å²) >= 11 is 0. The second-order valence-electron chi connectivity index (χ2n) is 6.69. The molecule has 23 heavy (non-hydrogen) atoms. The summed E-state index contributed by atoms with van der Waals surface area (Å²) in [5, 5.41) is 14.8. The summed E-state index contributed by atoms with van der Waals surface area (Å²) in [6.07, 6.45) is 2.33. The van der Waals surface area contributed by atoms with Crippen LogP contribution < -0.4 is 0 Å². The van der Waals surface area contributed by atoms with Gasteiger partial charge in [0.15, 0.2) is 0 Å². The van der Waals surface area contributed by atoms with Gasteiger partial charge in [-0.3, -0.25) is 4.79 Å². The van der Waals surface area contributed by atoms with Gasteiger partial charge in [0.2, 0.25) is 0 Å². The number of carbonyl (C=O) groups excluding carboxylic acids is 1. The van der Waals surface area contributed by atoms with Gasteiger partial charge in [-0.25, -0.2) is 0 Å². The Labute approximate surface area is 136 Å². The van der Waals surface area contributed by atoms with Gasteiger partial charge in [0.05, 0.1) is 25.5 Å². The lowest BCUT2D eigenvalue weighted by Gasteiger charge is -2.34. The number of β-amino-alcohol motifs (C(OH)–C–C–N with tert-alkyl or cyclic N) is 1. The van der Waals surface area contributed by atoms with Gasteiger partial charge in [-0.05, 0) is 39.8 Å². The Balaban J connectivity index is 1.75. The van der Waals surface area contributed by atoms with E-state index in [0.29, 0.717) is 36.7 Å². The quantitative estimate of drug-likeness (QED) is 0.877. The van der Waals surface area contributed by atoms with Crippen LogP contribution in [-0.2, 0) is 4.74 Å². The number of aliphatic hydroxyl groups is 1. The number of likely N-dealkylation sites (tertiary alicyclic amines) is 1. The Bertz CT molecular complexity index is 548. The van der Waals surface area contributed by atoms with Crippen molar-refractivity contribution in [2.75, 3.05) is 45.9 Å². The van der Waals surface area contributed by atoms with Crippen LogP contribution in [0.2, 0.25) is 0 Å². The smallest absolute Gasteiger partial charge is 0.259 e. The number of rotatable bonds is 3. The summed E-state index contributed by atoms with van der Waals surface area (Å²) in [5.74, 6) is 0.368. The zero-order chi connectivity index (χ0) is 16.4. The fraction of sp³-hybridized carbons (Fsp3) is 0.750. The van der Waals surface area contributed by atoms with Crippen LogP contribution in [-0.4, -0.2) is 77.5 Å². The number of carbonyl (C=O) groups is 1. The first kappa shape index (κ1) is 16.4. The fourth-order valence-electron chi connectivity index (χ4n) is 3.49. The topological polar surface area (TPSA) is 79.0 Å². The van der Waals surface area contributed by atoms with E-state index in [1.54, 1.807) is 18.7 Å². The minimum atomic E-state index is -1.03. The molecule has 2 fully saturated rings. The summed E-state index contributed by atoms with van der Waals surface area (Å²) in [6, 6.07) is 0. The van der Waals surface area contributed by atoms with Gasteiger partial charge < -0.3 is 24.2 Å². The van der Waals surface area contributed by atoms with E-state index in [4.69, 9.17) is 9.26 Å². The van der Waals surface area contributed by atoms with E-state index in [-0.39, 0.29) is 19.1 Å². The van der Waals surface area contributed by atoms with Crippen LogP contribution in [0.25, 0.3) is 0 Å². The highest BCUT2D eigenvalue weighted by Gasteiger charge is 2.37. The minimum Gasteiger partial charge on any atom is -0.384 e. The van der Waals surface area contributed by atoms with Crippen molar-refractivity contribution < 1.29 is 19.2 Å². The third kappa shape index (κ3) is 3.57. The number of hydrogen-bond donors (Lipinski definition) is 1. The molecule has 1 aromatic heterocycles. The predicted molar refractivity (Wildman–Crippen MR) is 83.3 cm³/mol. The van der Waals surface area contributed by atoms with Crippen molar-refractivity contribution in [3.05, 3.63) is 17.0 Å². The maximum absolute atomic E-state index is 12.8. The van der Waals surface area contributed by atoms with Crippen LogP contribution in [0.3, 0.4) is 0 Å². The molecule has 1 N–H and O–H groups in total. The Hall–Kier alpha value is -1.44. The summed E-state index contributed by atoms with van der Waals surface area (Å²) < 4.78 is 10.7. The molecule has 7 heteroatoms. The second kappa shape index (κ2) is 6.59. The lowest BCUT2D eigenvalue weighted by molar-refractivity contribution is -0.0524. The first-order valence-electron chi connectivity index (χ1n) is 8.23. The van der Waals surface area contributed by atoms with Crippen molar-refractivity contribution >= 4 is 5.91 Å². The number of ether oxygens (including phenoxy) is 1. The lowest BCUT2D eigenvalue weighted by atomic mass is 10.0. The highest BCUT2D eigenvalue weighted by atomic mass is 16.5. The largest absolute Gasteiger partial charge is 0.384 e. The normalized spacial score (nSPS) is 26.5. The summed E-state index contributed by atoms with van der Waals surface area (Å²) in [7, 11) is 0. The average Bonchev–Trinajstić information content (AvgIpc) is 3.06. The molecule has 3 heterocycles. The van der Waals surface area contributed by atoms with E-state index in [1.807, 2.05) is 0 Å². The van der Waals surface area contributed by atoms with E-state index >= 15 is 0 Å². The van der Waals surface area contributed by atoms with E-state index in [9.17, 15) is 9.90 Å². The molecule has 3 rings (SSSR count). The Morgan fingerprint density at radius 3 is 2.70 bits per heavy atom. The molecule has 0 saturated carbocycles. The van der Waals surface area contributed by atoms with Gasteiger partial charge in [0, 0.05) is 13.1 Å². The van der Waals surface area contributed by atoms with Crippen molar-refractivity contribution in [3.8, 4) is 0 Å². The SMILES string of the molecule is Cc1noc(C)c1C(=O)N1CCOC[C@@](O)(CN2CCCC2)C1. The molecule has 0 aromatic carbocycles. The van der Waals surface area contributed by atoms with Gasteiger partial charge in [0.25, 0.3) is 5.91 Å². The molecule has 0 spiro atoms. The van der Waals surface area contributed by atoms with Crippen LogP contribution in [0.1, 0.15) is 34.7 Å². The molecule has 0 bridgehead atoms. The van der Waals surface area contributed by atoms with Crippen LogP contribution in [0.15, 0.2) is 4.52 Å². The molecule has 128 valence electrons. The standard InChI is InChI=1S/C16H25N3O4/c1-12-14(13(2)23-17-12)15(20)19-7-8-22-11-16(21,10-19)9-18-5-3-4-6-18/h21H,3-11H2,1-2H3/t16-/m1/s1. The van der Waals surface area contributed by atoms with Crippen LogP contribution in [0.5, 0.6) is 0 Å². The van der Waals surface area contributed by atoms with Crippen LogP contribution in [0.4, 0.5) is 0 Å². The summed E-state index contributed by atoms with van der Waals surface area (Å²) in [4.78, 5) is 16.7. The Morgan fingerprint density at radius 2 is 2.04 bits per heavy atom. The maximum atomic E-state index is 12.8. The third-order valence-corrected chi connectivity index (χ3v) is 4.61. The highest BCUT2D eigenvalue weighted by Crippen LogP contribution is 2.21. The molecule has 0 aliphatic carbocycles. The molecular formula is C16H25N3O4. The molecule has 2 aliphatic heterocycles. The molecule has 2 aliphatic rings. The predicted octanol–water partition coefficient (Wildman–Crippen LogP) is 0.591. The van der Waals surface area contributed by atoms with Crippen LogP contribution >= 0.6 is 0 Å². The van der Waals surface area contributed by atoms with Crippen molar-refractivity contribution in [2.45, 2.75) is 32.3 Å². The van der Waals surface area contributed by atoms with Crippen molar-refractivity contribution in [3.63, 3.8) is 0 Å². The lowest BCUT2D eigenvalue weighted by Crippen LogP contribution is -2.53. The van der Waals surface area contributed by atoms with Gasteiger partial charge in [-0.2, -0.15) is 0 Å². The molecule has 1 amide bonds. The van der Waals surface area contributed by atoms with Crippen molar-refractivity contribution in [2.24, 2.45) is 0 Å². The Morgan fingerprint density at radius 1 is 1.30 bits per heavy atom. The molecule has 1 atom stereocenters. The molecule has 2 saturated heterocycles. The maximum Gasteiger partial charge on any atom is 0.259 e. The molecular weight excluding hydrogens is 298 g/mol. The number of aromatic nitrogens is 1. The Kier molecular flexibility index (Phi) is 4.70. The highest BCUT2D eigenvalue weighted by molar-refractivity contribution is 5.96. The van der Waals surface area contributed by atoms with Crippen molar-refractivity contribution in [1.29, 1.82) is 0 Å². The molecule has 0 radical (unpaired) electrons.